The van der Waals surface area contributed by atoms with Gasteiger partial charge in [0.1, 0.15) is 0 Å². The third-order valence-corrected chi connectivity index (χ3v) is 4.91. The Bertz CT molecular complexity index is 1240. The van der Waals surface area contributed by atoms with Crippen LogP contribution in [0.5, 0.6) is 0 Å². The van der Waals surface area contributed by atoms with Crippen molar-refractivity contribution in [1.29, 1.82) is 0 Å². The molecule has 2 aromatic carbocycles. The minimum Gasteiger partial charge on any atom is -0.478 e. The van der Waals surface area contributed by atoms with Crippen LogP contribution in [0.1, 0.15) is 15.9 Å². The van der Waals surface area contributed by atoms with E-state index in [1.807, 2.05) is 0 Å². The zero-order valence-corrected chi connectivity index (χ0v) is 15.3. The predicted octanol–water partition coefficient (Wildman–Crippen LogP) is 6.18. The SMILES string of the molecule is O=C(O)c1ccc2c(c1)nc(-c1c(Cl)cc(C(F)(F)F)cc1Cl)c1cccn12. The normalized spacial score (nSPS) is 12.0. The van der Waals surface area contributed by atoms with E-state index in [2.05, 4.69) is 4.98 Å². The van der Waals surface area contributed by atoms with E-state index in [1.165, 1.54) is 12.1 Å². The van der Waals surface area contributed by atoms with Gasteiger partial charge in [-0.05, 0) is 42.5 Å². The summed E-state index contributed by atoms with van der Waals surface area (Å²) in [6.07, 6.45) is -2.86. The molecule has 0 unspecified atom stereocenters. The quantitative estimate of drug-likeness (QED) is 0.418. The van der Waals surface area contributed by atoms with Gasteiger partial charge in [-0.2, -0.15) is 13.2 Å². The van der Waals surface area contributed by atoms with E-state index in [-0.39, 0.29) is 26.9 Å². The first-order valence-electron chi connectivity index (χ1n) is 7.87. The second kappa shape index (κ2) is 6.39. The van der Waals surface area contributed by atoms with Gasteiger partial charge in [0.2, 0.25) is 0 Å². The average Bonchev–Trinajstić information content (AvgIpc) is 3.09. The summed E-state index contributed by atoms with van der Waals surface area (Å²) in [5.41, 5.74) is 0.998. The summed E-state index contributed by atoms with van der Waals surface area (Å²) in [5, 5.41) is 8.81. The van der Waals surface area contributed by atoms with Crippen molar-refractivity contribution in [3.63, 3.8) is 0 Å². The lowest BCUT2D eigenvalue weighted by molar-refractivity contribution is -0.137. The monoisotopic (exact) mass is 424 g/mol. The number of alkyl halides is 3. The smallest absolute Gasteiger partial charge is 0.416 e. The Hall–Kier alpha value is -2.77. The van der Waals surface area contributed by atoms with Gasteiger partial charge < -0.3 is 9.51 Å². The van der Waals surface area contributed by atoms with Crippen LogP contribution in [-0.4, -0.2) is 20.5 Å². The van der Waals surface area contributed by atoms with Crippen molar-refractivity contribution in [2.45, 2.75) is 6.18 Å². The van der Waals surface area contributed by atoms with Gasteiger partial charge in [0.15, 0.2) is 0 Å². The molecular weight excluding hydrogens is 416 g/mol. The van der Waals surface area contributed by atoms with Crippen LogP contribution in [0.25, 0.3) is 27.8 Å². The number of aromatic nitrogens is 2. The number of hydrogen-bond acceptors (Lipinski definition) is 2. The van der Waals surface area contributed by atoms with E-state index >= 15 is 0 Å². The Morgan fingerprint density at radius 1 is 1.04 bits per heavy atom. The molecule has 2 heterocycles. The maximum absolute atomic E-state index is 13.0. The van der Waals surface area contributed by atoms with Crippen LogP contribution in [0.4, 0.5) is 13.2 Å². The number of aromatic carboxylic acids is 1. The molecule has 0 saturated carbocycles. The number of halogens is 5. The number of rotatable bonds is 2. The fourth-order valence-corrected chi connectivity index (χ4v) is 3.72. The molecule has 0 amide bonds. The van der Waals surface area contributed by atoms with Crippen LogP contribution in [0, 0.1) is 0 Å². The summed E-state index contributed by atoms with van der Waals surface area (Å²) in [6, 6.07) is 9.48. The molecule has 0 bridgehead atoms. The molecule has 0 radical (unpaired) electrons. The number of carboxylic acid groups (broad SMARTS) is 1. The zero-order valence-electron chi connectivity index (χ0n) is 13.8. The molecule has 0 aliphatic rings. The fourth-order valence-electron chi connectivity index (χ4n) is 3.06. The van der Waals surface area contributed by atoms with Crippen molar-refractivity contribution in [3.8, 4) is 11.3 Å². The van der Waals surface area contributed by atoms with Crippen molar-refractivity contribution in [2.24, 2.45) is 0 Å². The lowest BCUT2D eigenvalue weighted by Gasteiger charge is -2.14. The molecule has 0 atom stereocenters. The van der Waals surface area contributed by atoms with E-state index < -0.39 is 17.7 Å². The number of fused-ring (bicyclic) bond motifs is 3. The predicted molar refractivity (Wildman–Crippen MR) is 100 cm³/mol. The third kappa shape index (κ3) is 2.96. The first kappa shape index (κ1) is 18.6. The summed E-state index contributed by atoms with van der Waals surface area (Å²) < 4.78 is 40.8. The second-order valence-corrected chi connectivity index (χ2v) is 6.86. The molecule has 2 aromatic heterocycles. The van der Waals surface area contributed by atoms with Gasteiger partial charge in [-0.1, -0.05) is 23.2 Å². The topological polar surface area (TPSA) is 54.6 Å². The van der Waals surface area contributed by atoms with Gasteiger partial charge in [0, 0.05) is 11.8 Å². The highest BCUT2D eigenvalue weighted by Crippen LogP contribution is 2.41. The van der Waals surface area contributed by atoms with Gasteiger partial charge in [-0.25, -0.2) is 9.78 Å². The summed E-state index contributed by atoms with van der Waals surface area (Å²) in [4.78, 5) is 15.7. The van der Waals surface area contributed by atoms with Crippen molar-refractivity contribution in [3.05, 3.63) is 69.8 Å². The zero-order chi connectivity index (χ0) is 20.2. The lowest BCUT2D eigenvalue weighted by Crippen LogP contribution is -2.05. The maximum Gasteiger partial charge on any atom is 0.416 e. The highest BCUT2D eigenvalue weighted by atomic mass is 35.5. The summed E-state index contributed by atoms with van der Waals surface area (Å²) >= 11 is 12.3. The van der Waals surface area contributed by atoms with Crippen LogP contribution in [0.3, 0.4) is 0 Å². The number of benzene rings is 2. The van der Waals surface area contributed by atoms with Crippen LogP contribution >= 0.6 is 23.2 Å². The number of hydrogen-bond donors (Lipinski definition) is 1. The molecule has 142 valence electrons. The molecule has 0 fully saturated rings. The first-order chi connectivity index (χ1) is 13.2. The molecular formula is C19H9Cl2F3N2O2. The molecule has 4 rings (SSSR count). The van der Waals surface area contributed by atoms with Crippen LogP contribution in [-0.2, 0) is 6.18 Å². The second-order valence-electron chi connectivity index (χ2n) is 6.05. The fraction of sp³-hybridized carbons (Fsp3) is 0.0526. The lowest BCUT2D eigenvalue weighted by atomic mass is 10.1. The van der Waals surface area contributed by atoms with Crippen molar-refractivity contribution in [1.82, 2.24) is 9.38 Å². The van der Waals surface area contributed by atoms with Crippen LogP contribution in [0.15, 0.2) is 48.7 Å². The number of carbonyl (C=O) groups is 1. The maximum atomic E-state index is 13.0. The Kier molecular flexibility index (Phi) is 4.24. The summed E-state index contributed by atoms with van der Waals surface area (Å²) in [6.45, 7) is 0. The first-order valence-corrected chi connectivity index (χ1v) is 8.63. The molecule has 0 spiro atoms. The number of nitrogens with zero attached hydrogens (tertiary/aromatic N) is 2. The van der Waals surface area contributed by atoms with Gasteiger partial charge in [0.25, 0.3) is 0 Å². The average molecular weight is 425 g/mol. The largest absolute Gasteiger partial charge is 0.478 e. The molecule has 1 N–H and O–H groups in total. The van der Waals surface area contributed by atoms with Gasteiger partial charge in [-0.15, -0.1) is 0 Å². The number of carboxylic acids is 1. The molecule has 28 heavy (non-hydrogen) atoms. The summed E-state index contributed by atoms with van der Waals surface area (Å²) in [7, 11) is 0. The van der Waals surface area contributed by atoms with E-state index in [0.29, 0.717) is 16.6 Å². The Labute approximate surface area is 165 Å². The minimum atomic E-state index is -4.59. The standard InChI is InChI=1S/C19H9Cl2F3N2O2/c20-11-7-10(19(22,23)24)8-12(21)16(11)17-15-2-1-5-26(15)14-4-3-9(18(27)28)6-13(14)25-17/h1-8H,(H,27,28). The van der Waals surface area contributed by atoms with Gasteiger partial charge in [-0.3, -0.25) is 0 Å². The van der Waals surface area contributed by atoms with E-state index in [0.717, 1.165) is 12.1 Å². The highest BCUT2D eigenvalue weighted by molar-refractivity contribution is 6.39. The van der Waals surface area contributed by atoms with E-state index in [9.17, 15) is 23.1 Å². The van der Waals surface area contributed by atoms with Crippen LogP contribution < -0.4 is 0 Å². The van der Waals surface area contributed by atoms with Crippen molar-refractivity contribution in [2.75, 3.05) is 0 Å². The molecule has 0 aliphatic heterocycles. The van der Waals surface area contributed by atoms with Gasteiger partial charge in [0.05, 0.1) is 43.4 Å². The molecule has 4 nitrogen and oxygen atoms in total. The van der Waals surface area contributed by atoms with Crippen molar-refractivity contribution >= 4 is 45.7 Å². The molecule has 0 aliphatic carbocycles. The molecule has 4 aromatic rings. The highest BCUT2D eigenvalue weighted by Gasteiger charge is 2.32. The third-order valence-electron chi connectivity index (χ3n) is 4.31. The van der Waals surface area contributed by atoms with Crippen molar-refractivity contribution < 1.29 is 23.1 Å². The summed E-state index contributed by atoms with van der Waals surface area (Å²) in [5.74, 6) is -1.12. The Morgan fingerprint density at radius 3 is 2.32 bits per heavy atom. The van der Waals surface area contributed by atoms with E-state index in [4.69, 9.17) is 23.2 Å². The Balaban J connectivity index is 2.05. The minimum absolute atomic E-state index is 0.0297. The van der Waals surface area contributed by atoms with Crippen LogP contribution in [0.2, 0.25) is 10.0 Å². The van der Waals surface area contributed by atoms with E-state index in [1.54, 1.807) is 28.8 Å². The Morgan fingerprint density at radius 2 is 1.71 bits per heavy atom. The van der Waals surface area contributed by atoms with Gasteiger partial charge >= 0.3 is 12.1 Å². The molecule has 0 saturated heterocycles. The molecule has 9 heteroatoms.